The lowest BCUT2D eigenvalue weighted by atomic mass is 9.82. The largest absolute Gasteiger partial charge is 0.340 e. The summed E-state index contributed by atoms with van der Waals surface area (Å²) in [6.07, 6.45) is 4.69. The Hall–Kier alpha value is -0.570. The Balaban J connectivity index is 1.74. The first-order valence-corrected chi connectivity index (χ1v) is 5.35. The fraction of sp³-hybridized carbons (Fsp3) is 0.900. The van der Waals surface area contributed by atoms with Crippen molar-refractivity contribution in [1.29, 1.82) is 0 Å². The van der Waals surface area contributed by atoms with E-state index in [4.69, 9.17) is 0 Å². The van der Waals surface area contributed by atoms with Gasteiger partial charge in [0.2, 0.25) is 5.91 Å². The topological polar surface area (TPSA) is 32.3 Å². The first-order chi connectivity index (χ1) is 6.36. The average molecular weight is 182 g/mol. The zero-order valence-electron chi connectivity index (χ0n) is 8.09. The van der Waals surface area contributed by atoms with Crippen LogP contribution < -0.4 is 5.32 Å². The van der Waals surface area contributed by atoms with Crippen molar-refractivity contribution in [2.75, 3.05) is 26.2 Å². The highest BCUT2D eigenvalue weighted by atomic mass is 16.2. The molecular weight excluding hydrogens is 164 g/mol. The molecule has 0 aromatic heterocycles. The van der Waals surface area contributed by atoms with Crippen molar-refractivity contribution in [1.82, 2.24) is 10.2 Å². The van der Waals surface area contributed by atoms with Crippen molar-refractivity contribution in [2.24, 2.45) is 5.92 Å². The van der Waals surface area contributed by atoms with Crippen LogP contribution in [0.5, 0.6) is 0 Å². The lowest BCUT2D eigenvalue weighted by Gasteiger charge is -2.31. The first-order valence-electron chi connectivity index (χ1n) is 5.35. The smallest absolute Gasteiger partial charge is 0.222 e. The molecule has 74 valence electrons. The van der Waals surface area contributed by atoms with Crippen molar-refractivity contribution in [3.05, 3.63) is 0 Å². The fourth-order valence-electron chi connectivity index (χ4n) is 1.99. The molecule has 1 aliphatic carbocycles. The number of piperazine rings is 1. The van der Waals surface area contributed by atoms with E-state index in [2.05, 4.69) is 5.32 Å². The Labute approximate surface area is 79.5 Å². The van der Waals surface area contributed by atoms with Gasteiger partial charge in [0, 0.05) is 32.6 Å². The minimum absolute atomic E-state index is 0.381. The van der Waals surface area contributed by atoms with E-state index in [-0.39, 0.29) is 0 Å². The summed E-state index contributed by atoms with van der Waals surface area (Å²) in [6.45, 7) is 3.75. The lowest BCUT2D eigenvalue weighted by molar-refractivity contribution is -0.133. The molecule has 1 N–H and O–H groups in total. The summed E-state index contributed by atoms with van der Waals surface area (Å²) in [4.78, 5) is 13.7. The van der Waals surface area contributed by atoms with Crippen LogP contribution in [0.3, 0.4) is 0 Å². The molecule has 13 heavy (non-hydrogen) atoms. The Kier molecular flexibility index (Phi) is 2.83. The molecular formula is C10H18N2O. The Morgan fingerprint density at radius 2 is 2.00 bits per heavy atom. The fourth-order valence-corrected chi connectivity index (χ4v) is 1.99. The zero-order valence-corrected chi connectivity index (χ0v) is 8.09. The van der Waals surface area contributed by atoms with E-state index in [1.807, 2.05) is 4.90 Å². The van der Waals surface area contributed by atoms with E-state index in [0.717, 1.165) is 32.6 Å². The van der Waals surface area contributed by atoms with E-state index in [1.165, 1.54) is 19.3 Å². The summed E-state index contributed by atoms with van der Waals surface area (Å²) >= 11 is 0. The van der Waals surface area contributed by atoms with Crippen molar-refractivity contribution < 1.29 is 4.79 Å². The molecule has 2 fully saturated rings. The third-order valence-electron chi connectivity index (χ3n) is 3.16. The van der Waals surface area contributed by atoms with Gasteiger partial charge in [0.15, 0.2) is 0 Å². The van der Waals surface area contributed by atoms with Crippen LogP contribution in [0.25, 0.3) is 0 Å². The van der Waals surface area contributed by atoms with Gasteiger partial charge in [-0.15, -0.1) is 0 Å². The van der Waals surface area contributed by atoms with Crippen molar-refractivity contribution >= 4 is 5.91 Å². The molecule has 2 aliphatic rings. The summed E-state index contributed by atoms with van der Waals surface area (Å²) in [5.41, 5.74) is 0. The number of rotatable bonds is 2. The summed E-state index contributed by atoms with van der Waals surface area (Å²) in [6, 6.07) is 0. The minimum Gasteiger partial charge on any atom is -0.340 e. The van der Waals surface area contributed by atoms with Gasteiger partial charge in [-0.3, -0.25) is 4.79 Å². The number of nitrogens with one attached hydrogen (secondary N) is 1. The van der Waals surface area contributed by atoms with Gasteiger partial charge >= 0.3 is 0 Å². The summed E-state index contributed by atoms with van der Waals surface area (Å²) in [5.74, 6) is 1.09. The third kappa shape index (κ3) is 2.21. The predicted octanol–water partition coefficient (Wildman–Crippen LogP) is 0.608. The standard InChI is InChI=1S/C10H18N2O/c13-10(8-9-2-1-3-9)12-6-4-11-5-7-12/h9,11H,1-8H2. The molecule has 0 aromatic carbocycles. The van der Waals surface area contributed by atoms with E-state index < -0.39 is 0 Å². The molecule has 3 heteroatoms. The molecule has 0 atom stereocenters. The average Bonchev–Trinajstić information content (AvgIpc) is 2.12. The normalized spacial score (nSPS) is 24.2. The van der Waals surface area contributed by atoms with Crippen molar-refractivity contribution in [3.63, 3.8) is 0 Å². The highest BCUT2D eigenvalue weighted by Crippen LogP contribution is 2.29. The second-order valence-corrected chi connectivity index (χ2v) is 4.13. The van der Waals surface area contributed by atoms with Gasteiger partial charge in [-0.1, -0.05) is 6.42 Å². The van der Waals surface area contributed by atoms with Gasteiger partial charge in [0.1, 0.15) is 0 Å². The quantitative estimate of drug-likeness (QED) is 0.678. The molecule has 1 heterocycles. The van der Waals surface area contributed by atoms with E-state index in [9.17, 15) is 4.79 Å². The van der Waals surface area contributed by atoms with Crippen LogP contribution in [0.1, 0.15) is 25.7 Å². The number of hydrogen-bond donors (Lipinski definition) is 1. The van der Waals surface area contributed by atoms with Crippen LogP contribution in [0.4, 0.5) is 0 Å². The highest BCUT2D eigenvalue weighted by Gasteiger charge is 2.24. The van der Waals surface area contributed by atoms with Gasteiger partial charge in [0.05, 0.1) is 0 Å². The number of amides is 1. The van der Waals surface area contributed by atoms with E-state index in [1.54, 1.807) is 0 Å². The molecule has 3 nitrogen and oxygen atoms in total. The Morgan fingerprint density at radius 1 is 1.31 bits per heavy atom. The first kappa shape index (κ1) is 9.00. The van der Waals surface area contributed by atoms with Crippen molar-refractivity contribution in [3.8, 4) is 0 Å². The van der Waals surface area contributed by atoms with Gasteiger partial charge in [-0.25, -0.2) is 0 Å². The predicted molar refractivity (Wildman–Crippen MR) is 51.4 cm³/mol. The second kappa shape index (κ2) is 4.09. The molecule has 0 unspecified atom stereocenters. The molecule has 2 rings (SSSR count). The number of nitrogens with zero attached hydrogens (tertiary/aromatic N) is 1. The van der Waals surface area contributed by atoms with Gasteiger partial charge in [0.25, 0.3) is 0 Å². The monoisotopic (exact) mass is 182 g/mol. The maximum Gasteiger partial charge on any atom is 0.222 e. The molecule has 1 saturated carbocycles. The van der Waals surface area contributed by atoms with E-state index >= 15 is 0 Å². The van der Waals surface area contributed by atoms with Crippen LogP contribution in [0.2, 0.25) is 0 Å². The lowest BCUT2D eigenvalue weighted by Crippen LogP contribution is -2.47. The van der Waals surface area contributed by atoms with E-state index in [0.29, 0.717) is 11.8 Å². The SMILES string of the molecule is O=C(CC1CCC1)N1CCNCC1. The molecule has 1 saturated heterocycles. The van der Waals surface area contributed by atoms with Gasteiger partial charge in [-0.05, 0) is 18.8 Å². The second-order valence-electron chi connectivity index (χ2n) is 4.13. The summed E-state index contributed by atoms with van der Waals surface area (Å²) in [7, 11) is 0. The third-order valence-corrected chi connectivity index (χ3v) is 3.16. The molecule has 0 spiro atoms. The van der Waals surface area contributed by atoms with Crippen LogP contribution in [-0.2, 0) is 4.79 Å². The maximum absolute atomic E-state index is 11.7. The molecule has 1 amide bonds. The number of hydrogen-bond acceptors (Lipinski definition) is 2. The van der Waals surface area contributed by atoms with Crippen LogP contribution >= 0.6 is 0 Å². The molecule has 1 aliphatic heterocycles. The zero-order chi connectivity index (χ0) is 9.10. The van der Waals surface area contributed by atoms with Crippen LogP contribution in [-0.4, -0.2) is 37.0 Å². The highest BCUT2D eigenvalue weighted by molar-refractivity contribution is 5.76. The molecule has 0 radical (unpaired) electrons. The number of carbonyl (C=O) groups is 1. The Bertz CT molecular complexity index is 183. The minimum atomic E-state index is 0.381. The van der Waals surface area contributed by atoms with Crippen LogP contribution in [0, 0.1) is 5.92 Å². The molecule has 0 bridgehead atoms. The maximum atomic E-state index is 11.7. The van der Waals surface area contributed by atoms with Gasteiger partial charge < -0.3 is 10.2 Å². The summed E-state index contributed by atoms with van der Waals surface area (Å²) < 4.78 is 0. The van der Waals surface area contributed by atoms with Crippen molar-refractivity contribution in [2.45, 2.75) is 25.7 Å². The summed E-state index contributed by atoms with van der Waals surface area (Å²) in [5, 5.41) is 3.26. The Morgan fingerprint density at radius 3 is 2.54 bits per heavy atom. The van der Waals surface area contributed by atoms with Crippen LogP contribution in [0.15, 0.2) is 0 Å². The number of carbonyl (C=O) groups excluding carboxylic acids is 1. The molecule has 0 aromatic rings. The van der Waals surface area contributed by atoms with Gasteiger partial charge in [-0.2, -0.15) is 0 Å².